The Bertz CT molecular complexity index is 302. The molecule has 1 heteroatoms. The van der Waals surface area contributed by atoms with E-state index in [4.69, 9.17) is 0 Å². The average Bonchev–Trinajstić information content (AvgIpc) is 2.16. The molecule has 0 saturated heterocycles. The minimum absolute atomic E-state index is 0.0650. The van der Waals surface area contributed by atoms with Crippen LogP contribution >= 0.6 is 0 Å². The zero-order valence-corrected chi connectivity index (χ0v) is 10.0. The van der Waals surface area contributed by atoms with Crippen molar-refractivity contribution < 1.29 is 4.39 Å². The molecule has 84 valence electrons. The lowest BCUT2D eigenvalue weighted by atomic mass is 9.82. The minimum atomic E-state index is -0.0650. The van der Waals surface area contributed by atoms with Crippen LogP contribution < -0.4 is 0 Å². The van der Waals surface area contributed by atoms with Gasteiger partial charge in [-0.3, -0.25) is 0 Å². The van der Waals surface area contributed by atoms with Gasteiger partial charge in [-0.1, -0.05) is 45.4 Å². The highest BCUT2D eigenvalue weighted by Gasteiger charge is 2.16. The molecule has 0 N–H and O–H groups in total. The molecule has 0 radical (unpaired) electrons. The van der Waals surface area contributed by atoms with Crippen molar-refractivity contribution in [3.63, 3.8) is 0 Å². The average molecular weight is 208 g/mol. The molecule has 1 rings (SSSR count). The van der Waals surface area contributed by atoms with E-state index in [1.54, 1.807) is 12.1 Å². The van der Waals surface area contributed by atoms with Gasteiger partial charge >= 0.3 is 0 Å². The molecule has 0 bridgehead atoms. The van der Waals surface area contributed by atoms with E-state index < -0.39 is 0 Å². The minimum Gasteiger partial charge on any atom is -0.207 e. The molecule has 0 nitrogen and oxygen atoms in total. The highest BCUT2D eigenvalue weighted by Crippen LogP contribution is 2.28. The van der Waals surface area contributed by atoms with Crippen molar-refractivity contribution >= 4 is 0 Å². The van der Waals surface area contributed by atoms with E-state index in [1.807, 2.05) is 12.1 Å². The summed E-state index contributed by atoms with van der Waals surface area (Å²) in [5.74, 6) is -0.0650. The third-order valence-corrected chi connectivity index (χ3v) is 2.96. The predicted molar refractivity (Wildman–Crippen MR) is 63.4 cm³/mol. The summed E-state index contributed by atoms with van der Waals surface area (Å²) in [6, 6.07) is 7.08. The van der Waals surface area contributed by atoms with E-state index in [0.29, 0.717) is 5.41 Å². The van der Waals surface area contributed by atoms with Gasteiger partial charge in [0.25, 0.3) is 0 Å². The van der Waals surface area contributed by atoms with Crippen LogP contribution in [0.1, 0.15) is 45.6 Å². The highest BCUT2D eigenvalue weighted by molar-refractivity contribution is 5.17. The number of rotatable bonds is 5. The van der Waals surface area contributed by atoms with E-state index in [0.717, 1.165) is 18.4 Å². The summed E-state index contributed by atoms with van der Waals surface area (Å²) in [7, 11) is 0. The van der Waals surface area contributed by atoms with Gasteiger partial charge in [-0.05, 0) is 36.3 Å². The van der Waals surface area contributed by atoms with Gasteiger partial charge in [0, 0.05) is 0 Å². The Kier molecular flexibility index (Phi) is 4.31. The van der Waals surface area contributed by atoms with Gasteiger partial charge in [-0.15, -0.1) is 0 Å². The Hall–Kier alpha value is -0.850. The second-order valence-corrected chi connectivity index (χ2v) is 5.01. The maximum absolute atomic E-state index is 13.4. The van der Waals surface area contributed by atoms with Crippen LogP contribution in [-0.4, -0.2) is 0 Å². The van der Waals surface area contributed by atoms with Crippen molar-refractivity contribution in [1.29, 1.82) is 0 Å². The molecule has 0 heterocycles. The first-order valence-electron chi connectivity index (χ1n) is 5.78. The number of benzene rings is 1. The van der Waals surface area contributed by atoms with Gasteiger partial charge in [0.15, 0.2) is 0 Å². The molecule has 1 aromatic rings. The fourth-order valence-corrected chi connectivity index (χ4v) is 1.98. The van der Waals surface area contributed by atoms with E-state index >= 15 is 0 Å². The monoisotopic (exact) mass is 208 g/mol. The lowest BCUT2D eigenvalue weighted by molar-refractivity contribution is 0.303. The summed E-state index contributed by atoms with van der Waals surface area (Å²) in [6.45, 7) is 6.72. The van der Waals surface area contributed by atoms with Crippen molar-refractivity contribution in [3.05, 3.63) is 35.6 Å². The standard InChI is InChI=1S/C14H21F/c1-4-10-14(2,3)11-9-12-7-5-6-8-13(12)15/h5-8H,4,9-11H2,1-3H3. The van der Waals surface area contributed by atoms with E-state index in [9.17, 15) is 4.39 Å². The fraction of sp³-hybridized carbons (Fsp3) is 0.571. The largest absolute Gasteiger partial charge is 0.207 e. The fourth-order valence-electron chi connectivity index (χ4n) is 1.98. The number of halogens is 1. The molecule has 15 heavy (non-hydrogen) atoms. The highest BCUT2D eigenvalue weighted by atomic mass is 19.1. The molecule has 0 spiro atoms. The van der Waals surface area contributed by atoms with Gasteiger partial charge in [0.05, 0.1) is 0 Å². The predicted octanol–water partition coefficient (Wildman–Crippen LogP) is 4.58. The van der Waals surface area contributed by atoms with E-state index in [1.165, 1.54) is 12.8 Å². The summed E-state index contributed by atoms with van der Waals surface area (Å²) in [5.41, 5.74) is 1.18. The summed E-state index contributed by atoms with van der Waals surface area (Å²) in [4.78, 5) is 0. The molecule has 0 aliphatic carbocycles. The zero-order valence-electron chi connectivity index (χ0n) is 10.0. The lowest BCUT2D eigenvalue weighted by Gasteiger charge is -2.23. The van der Waals surface area contributed by atoms with Crippen LogP contribution in [0, 0.1) is 11.2 Å². The van der Waals surface area contributed by atoms with Crippen molar-refractivity contribution in [3.8, 4) is 0 Å². The van der Waals surface area contributed by atoms with Crippen LogP contribution in [0.25, 0.3) is 0 Å². The van der Waals surface area contributed by atoms with Crippen molar-refractivity contribution in [2.45, 2.75) is 46.5 Å². The molecular weight excluding hydrogens is 187 g/mol. The molecule has 0 aliphatic heterocycles. The molecule has 0 aliphatic rings. The first-order valence-corrected chi connectivity index (χ1v) is 5.78. The lowest BCUT2D eigenvalue weighted by Crippen LogP contribution is -2.12. The van der Waals surface area contributed by atoms with Crippen LogP contribution in [0.5, 0.6) is 0 Å². The van der Waals surface area contributed by atoms with Gasteiger partial charge in [0.2, 0.25) is 0 Å². The Morgan fingerprint density at radius 3 is 2.40 bits per heavy atom. The van der Waals surface area contributed by atoms with Crippen molar-refractivity contribution in [1.82, 2.24) is 0 Å². The summed E-state index contributed by atoms with van der Waals surface area (Å²) in [5, 5.41) is 0. The first-order chi connectivity index (χ1) is 7.05. The van der Waals surface area contributed by atoms with Gasteiger partial charge in [-0.2, -0.15) is 0 Å². The normalized spacial score (nSPS) is 11.7. The maximum Gasteiger partial charge on any atom is 0.126 e. The summed E-state index contributed by atoms with van der Waals surface area (Å²) in [6.07, 6.45) is 4.31. The number of aryl methyl sites for hydroxylation is 1. The molecule has 0 saturated carbocycles. The quantitative estimate of drug-likeness (QED) is 0.664. The van der Waals surface area contributed by atoms with Crippen molar-refractivity contribution in [2.75, 3.05) is 0 Å². The number of hydrogen-bond acceptors (Lipinski definition) is 0. The molecule has 0 aromatic heterocycles. The summed E-state index contributed by atoms with van der Waals surface area (Å²) >= 11 is 0. The van der Waals surface area contributed by atoms with Gasteiger partial charge in [0.1, 0.15) is 5.82 Å². The smallest absolute Gasteiger partial charge is 0.126 e. The molecule has 1 aromatic carbocycles. The summed E-state index contributed by atoms with van der Waals surface area (Å²) < 4.78 is 13.4. The van der Waals surface area contributed by atoms with Crippen molar-refractivity contribution in [2.24, 2.45) is 5.41 Å². The third kappa shape index (κ3) is 4.03. The Labute approximate surface area is 92.5 Å². The van der Waals surface area contributed by atoms with Gasteiger partial charge in [-0.25, -0.2) is 4.39 Å². The van der Waals surface area contributed by atoms with Crippen LogP contribution in [0.15, 0.2) is 24.3 Å². The van der Waals surface area contributed by atoms with Crippen LogP contribution in [0.3, 0.4) is 0 Å². The Morgan fingerprint density at radius 1 is 1.13 bits per heavy atom. The molecular formula is C14H21F. The zero-order chi connectivity index (χ0) is 11.3. The van der Waals surface area contributed by atoms with Gasteiger partial charge < -0.3 is 0 Å². The maximum atomic E-state index is 13.4. The van der Waals surface area contributed by atoms with Crippen LogP contribution in [0.4, 0.5) is 4.39 Å². The first kappa shape index (κ1) is 12.2. The Morgan fingerprint density at radius 2 is 1.80 bits per heavy atom. The van der Waals surface area contributed by atoms with E-state index in [2.05, 4.69) is 20.8 Å². The van der Waals surface area contributed by atoms with Crippen LogP contribution in [-0.2, 0) is 6.42 Å². The SMILES string of the molecule is CCCC(C)(C)CCc1ccccc1F. The molecule has 0 atom stereocenters. The molecule has 0 unspecified atom stereocenters. The van der Waals surface area contributed by atoms with E-state index in [-0.39, 0.29) is 5.82 Å². The number of hydrogen-bond donors (Lipinski definition) is 0. The van der Waals surface area contributed by atoms with Crippen LogP contribution in [0.2, 0.25) is 0 Å². The molecule has 0 fully saturated rings. The second-order valence-electron chi connectivity index (χ2n) is 5.01. The molecule has 0 amide bonds. The Balaban J connectivity index is 2.53. The second kappa shape index (κ2) is 5.29. The third-order valence-electron chi connectivity index (χ3n) is 2.96. The topological polar surface area (TPSA) is 0 Å².